The van der Waals surface area contributed by atoms with Crippen LogP contribution >= 0.6 is 0 Å². The summed E-state index contributed by atoms with van der Waals surface area (Å²) < 4.78 is 26.7. The summed E-state index contributed by atoms with van der Waals surface area (Å²) in [5.41, 5.74) is 4.39. The van der Waals surface area contributed by atoms with Gasteiger partial charge in [-0.05, 0) is 42.8 Å². The van der Waals surface area contributed by atoms with Gasteiger partial charge in [-0.25, -0.2) is 0 Å². The minimum Gasteiger partial charge on any atom is -0.488 e. The van der Waals surface area contributed by atoms with Gasteiger partial charge in [0.25, 0.3) is 0 Å². The number of fused-ring (bicyclic) bond motifs is 5. The molecule has 42 heavy (non-hydrogen) atoms. The third-order valence-electron chi connectivity index (χ3n) is 7.07. The number of aromatic nitrogens is 5. The van der Waals surface area contributed by atoms with E-state index in [0.717, 1.165) is 44.7 Å². The van der Waals surface area contributed by atoms with E-state index in [1.807, 2.05) is 29.7 Å². The van der Waals surface area contributed by atoms with Crippen LogP contribution in [0.1, 0.15) is 12.5 Å². The normalized spacial score (nSPS) is 15.3. The van der Waals surface area contributed by atoms with Gasteiger partial charge < -0.3 is 28.8 Å². The lowest BCUT2D eigenvalue weighted by atomic mass is 10.0. The van der Waals surface area contributed by atoms with Crippen molar-refractivity contribution in [1.29, 1.82) is 0 Å². The number of anilines is 1. The summed E-state index contributed by atoms with van der Waals surface area (Å²) in [7, 11) is 0.574. The predicted molar refractivity (Wildman–Crippen MR) is 166 cm³/mol. The molecule has 5 heterocycles. The second-order valence-electron chi connectivity index (χ2n) is 11.8. The van der Waals surface area contributed by atoms with Crippen molar-refractivity contribution in [2.75, 3.05) is 25.6 Å². The Labute approximate surface area is 246 Å². The summed E-state index contributed by atoms with van der Waals surface area (Å²) >= 11 is 0. The molecule has 0 fully saturated rings. The van der Waals surface area contributed by atoms with Crippen LogP contribution < -0.4 is 19.5 Å². The molecule has 1 atom stereocenters. The quantitative estimate of drug-likeness (QED) is 0.186. The highest BCUT2D eigenvalue weighted by atomic mass is 28.3. The number of benzene rings is 1. The zero-order valence-corrected chi connectivity index (χ0v) is 25.7. The Morgan fingerprint density at radius 1 is 1.05 bits per heavy atom. The monoisotopic (exact) mass is 584 g/mol. The maximum absolute atomic E-state index is 6.40. The summed E-state index contributed by atoms with van der Waals surface area (Å²) in [4.78, 5) is 18.6. The summed E-state index contributed by atoms with van der Waals surface area (Å²) in [6, 6.07) is 11.2. The summed E-state index contributed by atoms with van der Waals surface area (Å²) in [5, 5.41) is 4.85. The Bertz CT molecular complexity index is 1730. The van der Waals surface area contributed by atoms with E-state index in [9.17, 15) is 0 Å². The number of ether oxygens (including phenoxy) is 4. The highest BCUT2D eigenvalue weighted by Gasteiger charge is 2.21. The van der Waals surface area contributed by atoms with Gasteiger partial charge in [-0.2, -0.15) is 9.97 Å². The Morgan fingerprint density at radius 3 is 2.76 bits per heavy atom. The lowest BCUT2D eigenvalue weighted by Gasteiger charge is -2.16. The smallest absolute Gasteiger partial charge is 0.228 e. The molecule has 0 unspecified atom stereocenters. The van der Waals surface area contributed by atoms with E-state index < -0.39 is 8.07 Å². The molecule has 1 aliphatic rings. The van der Waals surface area contributed by atoms with Crippen LogP contribution in [0.5, 0.6) is 17.4 Å². The van der Waals surface area contributed by atoms with Crippen LogP contribution in [0, 0.1) is 0 Å². The van der Waals surface area contributed by atoms with Gasteiger partial charge in [0.15, 0.2) is 5.65 Å². The van der Waals surface area contributed by atoms with Gasteiger partial charge in [0.05, 0.1) is 23.3 Å². The first-order chi connectivity index (χ1) is 20.3. The second-order valence-corrected chi connectivity index (χ2v) is 17.4. The van der Waals surface area contributed by atoms with Crippen LogP contribution in [0.4, 0.5) is 5.95 Å². The molecule has 0 aliphatic carbocycles. The third-order valence-corrected chi connectivity index (χ3v) is 8.77. The number of rotatable bonds is 6. The molecule has 1 aromatic carbocycles. The van der Waals surface area contributed by atoms with Crippen molar-refractivity contribution in [3.8, 4) is 28.5 Å². The molecule has 218 valence electrons. The van der Waals surface area contributed by atoms with Crippen molar-refractivity contribution in [3.05, 3.63) is 60.7 Å². The van der Waals surface area contributed by atoms with Crippen LogP contribution in [0.15, 0.2) is 55.1 Å². The first-order valence-electron chi connectivity index (χ1n) is 14.2. The molecule has 0 radical (unpaired) electrons. The minimum absolute atomic E-state index is 0.197. The molecule has 6 rings (SSSR count). The maximum atomic E-state index is 6.40. The fourth-order valence-electron chi connectivity index (χ4n) is 4.83. The molecule has 0 amide bonds. The fraction of sp³-hybridized carbons (Fsp3) is 0.355. The van der Waals surface area contributed by atoms with Crippen LogP contribution in [-0.2, 0) is 18.1 Å². The molecule has 11 heteroatoms. The van der Waals surface area contributed by atoms with E-state index in [1.165, 1.54) is 0 Å². The number of nitrogens with zero attached hydrogens (tertiary/aromatic N) is 5. The summed E-state index contributed by atoms with van der Waals surface area (Å²) in [6.45, 7) is 10.7. The summed E-state index contributed by atoms with van der Waals surface area (Å²) in [6.07, 6.45) is 7.07. The van der Waals surface area contributed by atoms with Crippen LogP contribution in [0.25, 0.3) is 33.1 Å². The molecular weight excluding hydrogens is 548 g/mol. The van der Waals surface area contributed by atoms with Crippen molar-refractivity contribution >= 4 is 36.0 Å². The molecular formula is C31H36N6O4Si. The van der Waals surface area contributed by atoms with Gasteiger partial charge in [0.1, 0.15) is 37.5 Å². The van der Waals surface area contributed by atoms with Crippen molar-refractivity contribution in [2.45, 2.75) is 52.1 Å². The van der Waals surface area contributed by atoms with Crippen LogP contribution in [0.2, 0.25) is 25.7 Å². The van der Waals surface area contributed by atoms with E-state index >= 15 is 0 Å². The molecule has 1 aliphatic heterocycles. The van der Waals surface area contributed by atoms with E-state index in [1.54, 1.807) is 25.6 Å². The molecule has 5 bridgehead atoms. The van der Waals surface area contributed by atoms with Gasteiger partial charge in [-0.3, -0.25) is 9.97 Å². The number of pyridine rings is 2. The lowest BCUT2D eigenvalue weighted by Crippen LogP contribution is -2.22. The molecule has 0 spiro atoms. The predicted octanol–water partition coefficient (Wildman–Crippen LogP) is 6.13. The number of hydrogen-bond donors (Lipinski definition) is 1. The Balaban J connectivity index is 1.49. The minimum atomic E-state index is -1.22. The zero-order chi connectivity index (χ0) is 29.3. The number of hydrogen-bond acceptors (Lipinski definition) is 9. The van der Waals surface area contributed by atoms with E-state index in [-0.39, 0.29) is 12.7 Å². The van der Waals surface area contributed by atoms with Crippen molar-refractivity contribution < 1.29 is 18.9 Å². The first-order valence-corrected chi connectivity index (χ1v) is 17.9. The first kappa shape index (κ1) is 27.9. The second kappa shape index (κ2) is 11.6. The fourth-order valence-corrected chi connectivity index (χ4v) is 5.58. The highest BCUT2D eigenvalue weighted by molar-refractivity contribution is 6.76. The Morgan fingerprint density at radius 2 is 1.93 bits per heavy atom. The summed E-state index contributed by atoms with van der Waals surface area (Å²) in [5.74, 6) is 2.25. The van der Waals surface area contributed by atoms with Gasteiger partial charge in [-0.15, -0.1) is 0 Å². The Hall–Kier alpha value is -4.22. The van der Waals surface area contributed by atoms with E-state index in [2.05, 4.69) is 53.3 Å². The van der Waals surface area contributed by atoms with Gasteiger partial charge in [-0.1, -0.05) is 25.7 Å². The van der Waals surface area contributed by atoms with Gasteiger partial charge >= 0.3 is 0 Å². The molecule has 0 saturated carbocycles. The molecule has 10 nitrogen and oxygen atoms in total. The van der Waals surface area contributed by atoms with Crippen molar-refractivity contribution in [1.82, 2.24) is 24.5 Å². The van der Waals surface area contributed by atoms with Crippen molar-refractivity contribution in [3.63, 3.8) is 0 Å². The SMILES string of the molecule is CNc1nc2c3c(cn(COCC[Si](C)(C)C)c3n1)-c1ccc3ncc(cc3c1)O[C@@H](C)COc1cncc(c1)CO2. The van der Waals surface area contributed by atoms with Gasteiger partial charge in [0.2, 0.25) is 11.8 Å². The Kier molecular flexibility index (Phi) is 7.69. The molecule has 4 aromatic heterocycles. The standard InChI is InChI=1S/C31H36N6O4Si/c1-20-17-39-24-10-21(13-33-14-24)18-40-30-28-26(22-6-7-27-23(11-22)12-25(41-20)15-34-27)16-37(19-38-8-9-42(3,4)5)29(28)35-31(32-2)36-30/h6-7,10-16,20H,8-9,17-19H2,1-5H3,(H,32,35,36)/t20-/m0/s1. The zero-order valence-electron chi connectivity index (χ0n) is 24.7. The maximum Gasteiger partial charge on any atom is 0.228 e. The molecule has 1 N–H and O–H groups in total. The topological polar surface area (TPSA) is 105 Å². The van der Waals surface area contributed by atoms with E-state index in [0.29, 0.717) is 43.3 Å². The average Bonchev–Trinajstić information content (AvgIpc) is 3.34. The highest BCUT2D eigenvalue weighted by Crippen LogP contribution is 2.38. The van der Waals surface area contributed by atoms with Crippen LogP contribution in [0.3, 0.4) is 0 Å². The number of nitrogens with one attached hydrogen (secondary N) is 1. The average molecular weight is 585 g/mol. The molecule has 5 aromatic rings. The lowest BCUT2D eigenvalue weighted by molar-refractivity contribution is 0.0899. The van der Waals surface area contributed by atoms with E-state index in [4.69, 9.17) is 28.9 Å². The third kappa shape index (κ3) is 6.17. The largest absolute Gasteiger partial charge is 0.488 e. The van der Waals surface area contributed by atoms with Crippen LogP contribution in [-0.4, -0.2) is 58.9 Å². The molecule has 0 saturated heterocycles. The van der Waals surface area contributed by atoms with Gasteiger partial charge in [0, 0.05) is 50.6 Å². The van der Waals surface area contributed by atoms with Crippen molar-refractivity contribution in [2.24, 2.45) is 0 Å².